The van der Waals surface area contributed by atoms with Crippen LogP contribution >= 0.6 is 0 Å². The average Bonchev–Trinajstić information content (AvgIpc) is 2.99. The Morgan fingerprint density at radius 3 is 2.64 bits per heavy atom. The number of carbonyl (C=O) groups is 1. The van der Waals surface area contributed by atoms with E-state index in [-0.39, 0.29) is 12.1 Å². The monoisotopic (exact) mass is 299 g/mol. The number of hydrogen-bond acceptors (Lipinski definition) is 4. The summed E-state index contributed by atoms with van der Waals surface area (Å²) in [4.78, 5) is 18.3. The van der Waals surface area contributed by atoms with Crippen LogP contribution in [0.2, 0.25) is 0 Å². The first kappa shape index (κ1) is 14.7. The third-order valence-corrected chi connectivity index (χ3v) is 4.10. The van der Waals surface area contributed by atoms with Crippen molar-refractivity contribution < 1.29 is 4.79 Å². The van der Waals surface area contributed by atoms with Crippen LogP contribution in [0.1, 0.15) is 38.2 Å². The molecule has 1 fully saturated rings. The molecule has 1 atom stereocenters. The van der Waals surface area contributed by atoms with Crippen molar-refractivity contribution in [3.63, 3.8) is 0 Å². The van der Waals surface area contributed by atoms with Crippen LogP contribution in [-0.4, -0.2) is 37.7 Å². The second kappa shape index (κ2) is 5.21. The number of aromatic nitrogens is 3. The summed E-state index contributed by atoms with van der Waals surface area (Å²) in [5, 5.41) is 7.99. The Hall–Kier alpha value is -2.21. The van der Waals surface area contributed by atoms with Gasteiger partial charge in [0.05, 0.1) is 16.9 Å². The Morgan fingerprint density at radius 1 is 1.32 bits per heavy atom. The van der Waals surface area contributed by atoms with Crippen molar-refractivity contribution in [2.24, 2.45) is 0 Å². The summed E-state index contributed by atoms with van der Waals surface area (Å²) < 4.78 is 1.83. The van der Waals surface area contributed by atoms with E-state index in [9.17, 15) is 4.79 Å². The van der Waals surface area contributed by atoms with Gasteiger partial charge < -0.3 is 4.90 Å². The maximum Gasteiger partial charge on any atom is 0.243 e. The van der Waals surface area contributed by atoms with Gasteiger partial charge in [0.1, 0.15) is 6.17 Å². The van der Waals surface area contributed by atoms with Crippen molar-refractivity contribution in [3.05, 3.63) is 42.0 Å². The predicted octanol–water partition coefficient (Wildman–Crippen LogP) is 1.80. The summed E-state index contributed by atoms with van der Waals surface area (Å²) in [6.07, 6.45) is 5.33. The van der Waals surface area contributed by atoms with Crippen molar-refractivity contribution in [2.45, 2.75) is 39.4 Å². The molecule has 0 aliphatic carbocycles. The fraction of sp³-hybridized carbons (Fsp3) is 0.438. The third-order valence-electron chi connectivity index (χ3n) is 4.10. The van der Waals surface area contributed by atoms with E-state index in [1.54, 1.807) is 12.4 Å². The smallest absolute Gasteiger partial charge is 0.243 e. The molecule has 3 heterocycles. The average molecular weight is 299 g/mol. The second-order valence-corrected chi connectivity index (χ2v) is 6.08. The third kappa shape index (κ3) is 2.29. The molecule has 0 bridgehead atoms. The molecule has 1 aliphatic rings. The molecule has 116 valence electrons. The van der Waals surface area contributed by atoms with Crippen LogP contribution in [0.15, 0.2) is 30.7 Å². The highest BCUT2D eigenvalue weighted by atomic mass is 16.2. The van der Waals surface area contributed by atoms with E-state index in [1.165, 1.54) is 0 Å². The summed E-state index contributed by atoms with van der Waals surface area (Å²) in [6, 6.07) is 3.82. The van der Waals surface area contributed by atoms with Crippen LogP contribution in [0.4, 0.5) is 0 Å². The van der Waals surface area contributed by atoms with Crippen LogP contribution < -0.4 is 5.32 Å². The molecule has 2 aromatic rings. The minimum atomic E-state index is -0.550. The van der Waals surface area contributed by atoms with E-state index in [0.29, 0.717) is 6.54 Å². The van der Waals surface area contributed by atoms with Gasteiger partial charge in [-0.1, -0.05) is 0 Å². The van der Waals surface area contributed by atoms with Crippen molar-refractivity contribution >= 4 is 5.91 Å². The maximum atomic E-state index is 12.5. The van der Waals surface area contributed by atoms with Crippen LogP contribution in [0.5, 0.6) is 0 Å². The van der Waals surface area contributed by atoms with Crippen LogP contribution in [0.25, 0.3) is 5.69 Å². The first-order chi connectivity index (χ1) is 10.4. The highest BCUT2D eigenvalue weighted by Crippen LogP contribution is 2.31. The number of nitrogens with zero attached hydrogens (tertiary/aromatic N) is 4. The molecule has 1 aliphatic heterocycles. The molecule has 0 saturated carbocycles. The molecule has 22 heavy (non-hydrogen) atoms. The van der Waals surface area contributed by atoms with Gasteiger partial charge in [0.25, 0.3) is 0 Å². The van der Waals surface area contributed by atoms with Gasteiger partial charge in [-0.2, -0.15) is 5.10 Å². The number of rotatable bonds is 3. The van der Waals surface area contributed by atoms with E-state index in [2.05, 4.69) is 15.4 Å². The lowest BCUT2D eigenvalue weighted by molar-refractivity contribution is -0.132. The number of nitrogens with one attached hydrogen (secondary N) is 1. The second-order valence-electron chi connectivity index (χ2n) is 6.08. The summed E-state index contributed by atoms with van der Waals surface area (Å²) in [5.74, 6) is 0.121. The van der Waals surface area contributed by atoms with Gasteiger partial charge in [0.2, 0.25) is 5.91 Å². The lowest BCUT2D eigenvalue weighted by atomic mass is 10.1. The molecule has 0 radical (unpaired) electrons. The lowest BCUT2D eigenvalue weighted by Crippen LogP contribution is -2.40. The zero-order valence-electron chi connectivity index (χ0n) is 13.4. The zero-order valence-corrected chi connectivity index (χ0v) is 13.4. The van der Waals surface area contributed by atoms with E-state index in [0.717, 1.165) is 16.9 Å². The minimum Gasteiger partial charge on any atom is -0.321 e. The standard InChI is InChI=1S/C16H21N5O/c1-5-20-14(18-16(3,4)15(20)22)13-10-21(19-11(13)2)12-6-8-17-9-7-12/h6-10,14,18H,5H2,1-4H3. The van der Waals surface area contributed by atoms with Crippen molar-refractivity contribution in [1.82, 2.24) is 25.0 Å². The summed E-state index contributed by atoms with van der Waals surface area (Å²) >= 11 is 0. The molecule has 3 rings (SSSR count). The maximum absolute atomic E-state index is 12.5. The van der Waals surface area contributed by atoms with Crippen LogP contribution in [0.3, 0.4) is 0 Å². The molecule has 1 N–H and O–H groups in total. The zero-order chi connectivity index (χ0) is 15.9. The summed E-state index contributed by atoms with van der Waals surface area (Å²) in [6.45, 7) is 8.47. The fourth-order valence-corrected chi connectivity index (χ4v) is 2.90. The Balaban J connectivity index is 1.99. The first-order valence-corrected chi connectivity index (χ1v) is 7.49. The van der Waals surface area contributed by atoms with Crippen molar-refractivity contribution in [3.8, 4) is 5.69 Å². The van der Waals surface area contributed by atoms with Crippen molar-refractivity contribution in [2.75, 3.05) is 6.54 Å². The number of pyridine rings is 1. The van der Waals surface area contributed by atoms with Gasteiger partial charge in [-0.15, -0.1) is 0 Å². The predicted molar refractivity (Wildman–Crippen MR) is 83.4 cm³/mol. The van der Waals surface area contributed by atoms with Gasteiger partial charge in [-0.25, -0.2) is 4.68 Å². The first-order valence-electron chi connectivity index (χ1n) is 7.49. The lowest BCUT2D eigenvalue weighted by Gasteiger charge is -2.22. The normalized spacial score (nSPS) is 20.6. The number of likely N-dealkylation sites (N-methyl/N-ethyl adjacent to an activating group) is 1. The van der Waals surface area contributed by atoms with Crippen LogP contribution in [0, 0.1) is 6.92 Å². The van der Waals surface area contributed by atoms with E-state index >= 15 is 0 Å². The molecular formula is C16H21N5O. The number of amides is 1. The molecule has 1 amide bonds. The number of hydrogen-bond donors (Lipinski definition) is 1. The topological polar surface area (TPSA) is 63.1 Å². The van der Waals surface area contributed by atoms with Gasteiger partial charge in [0, 0.05) is 30.7 Å². The number of carbonyl (C=O) groups excluding carboxylic acids is 1. The van der Waals surface area contributed by atoms with Gasteiger partial charge in [-0.05, 0) is 39.8 Å². The molecule has 6 nitrogen and oxygen atoms in total. The van der Waals surface area contributed by atoms with Crippen molar-refractivity contribution in [1.29, 1.82) is 0 Å². The van der Waals surface area contributed by atoms with E-state index in [4.69, 9.17) is 0 Å². The largest absolute Gasteiger partial charge is 0.321 e. The molecule has 0 spiro atoms. The Kier molecular flexibility index (Phi) is 3.48. The molecule has 1 unspecified atom stereocenters. The molecule has 2 aromatic heterocycles. The molecular weight excluding hydrogens is 278 g/mol. The molecule has 6 heteroatoms. The molecule has 0 aromatic carbocycles. The van der Waals surface area contributed by atoms with E-state index < -0.39 is 5.54 Å². The Morgan fingerprint density at radius 2 is 2.00 bits per heavy atom. The highest BCUT2D eigenvalue weighted by molar-refractivity contribution is 5.88. The van der Waals surface area contributed by atoms with Gasteiger partial charge in [0.15, 0.2) is 0 Å². The Labute approximate surface area is 130 Å². The summed E-state index contributed by atoms with van der Waals surface area (Å²) in [5.41, 5.74) is 2.35. The molecule has 1 saturated heterocycles. The quantitative estimate of drug-likeness (QED) is 0.939. The van der Waals surface area contributed by atoms with Gasteiger partial charge >= 0.3 is 0 Å². The Bertz CT molecular complexity index is 692. The van der Waals surface area contributed by atoms with E-state index in [1.807, 2.05) is 55.6 Å². The number of aryl methyl sites for hydroxylation is 1. The highest BCUT2D eigenvalue weighted by Gasteiger charge is 2.45. The van der Waals surface area contributed by atoms with Gasteiger partial charge in [-0.3, -0.25) is 15.1 Å². The van der Waals surface area contributed by atoms with Crippen LogP contribution in [-0.2, 0) is 4.79 Å². The fourth-order valence-electron chi connectivity index (χ4n) is 2.90. The minimum absolute atomic E-state index is 0.121. The summed E-state index contributed by atoms with van der Waals surface area (Å²) in [7, 11) is 0. The SMILES string of the molecule is CCN1C(=O)C(C)(C)NC1c1cn(-c2ccncc2)nc1C.